The summed E-state index contributed by atoms with van der Waals surface area (Å²) in [6.45, 7) is 6.14. The molecule has 4 fully saturated rings. The maximum atomic E-state index is 13.5. The van der Waals surface area contributed by atoms with Crippen molar-refractivity contribution < 1.29 is 14.3 Å². The van der Waals surface area contributed by atoms with Crippen molar-refractivity contribution >= 4 is 5.78 Å². The van der Waals surface area contributed by atoms with E-state index in [4.69, 9.17) is 9.47 Å². The van der Waals surface area contributed by atoms with Crippen LogP contribution >= 0.6 is 0 Å². The predicted molar refractivity (Wildman–Crippen MR) is 101 cm³/mol. The van der Waals surface area contributed by atoms with Crippen molar-refractivity contribution in [2.45, 2.75) is 77.4 Å². The summed E-state index contributed by atoms with van der Waals surface area (Å²) in [5.41, 5.74) is 0.878. The highest BCUT2D eigenvalue weighted by Gasteiger charge is 2.55. The molecule has 3 nitrogen and oxygen atoms in total. The summed E-state index contributed by atoms with van der Waals surface area (Å²) in [6.07, 6.45) is 7.86. The van der Waals surface area contributed by atoms with Crippen LogP contribution in [0.3, 0.4) is 0 Å². The monoisotopic (exact) mass is 354 g/mol. The first-order valence-corrected chi connectivity index (χ1v) is 10.4. The molecule has 1 atom stereocenters. The van der Waals surface area contributed by atoms with Gasteiger partial charge in [-0.05, 0) is 83.1 Å². The van der Waals surface area contributed by atoms with E-state index in [9.17, 15) is 4.79 Å². The number of benzene rings is 1. The molecule has 0 amide bonds. The van der Waals surface area contributed by atoms with Gasteiger partial charge in [0.2, 0.25) is 0 Å². The van der Waals surface area contributed by atoms with E-state index in [1.165, 1.54) is 24.8 Å². The summed E-state index contributed by atoms with van der Waals surface area (Å²) in [5.74, 6) is 4.25. The van der Waals surface area contributed by atoms with Crippen LogP contribution in [0, 0.1) is 23.2 Å². The molecule has 0 aromatic heterocycles. The number of Topliss-reactive ketones (excluding diaryl/α,β-unsaturated/α-hetero) is 1. The molecule has 6 rings (SSSR count). The fourth-order valence-electron chi connectivity index (χ4n) is 6.77. The van der Waals surface area contributed by atoms with Crippen molar-refractivity contribution in [2.75, 3.05) is 0 Å². The van der Waals surface area contributed by atoms with Gasteiger partial charge in [-0.2, -0.15) is 0 Å². The molecule has 4 bridgehead atoms. The van der Waals surface area contributed by atoms with E-state index in [1.54, 1.807) is 0 Å². The van der Waals surface area contributed by atoms with Crippen molar-refractivity contribution in [3.05, 3.63) is 23.8 Å². The van der Waals surface area contributed by atoms with Gasteiger partial charge < -0.3 is 9.47 Å². The van der Waals surface area contributed by atoms with Crippen LogP contribution in [-0.4, -0.2) is 17.5 Å². The second kappa shape index (κ2) is 5.50. The van der Waals surface area contributed by atoms with Gasteiger partial charge in [0.1, 0.15) is 5.60 Å². The highest BCUT2D eigenvalue weighted by atomic mass is 16.5. The van der Waals surface area contributed by atoms with Gasteiger partial charge in [0.15, 0.2) is 23.4 Å². The molecule has 3 heteroatoms. The molecule has 0 saturated heterocycles. The van der Waals surface area contributed by atoms with E-state index in [2.05, 4.69) is 19.9 Å². The van der Waals surface area contributed by atoms with E-state index in [0.717, 1.165) is 54.9 Å². The maximum Gasteiger partial charge on any atom is 0.179 e. The third-order valence-electron chi connectivity index (χ3n) is 7.29. The van der Waals surface area contributed by atoms with Crippen molar-refractivity contribution in [2.24, 2.45) is 23.2 Å². The molecule has 4 aliphatic carbocycles. The van der Waals surface area contributed by atoms with Crippen LogP contribution in [-0.2, 0) is 11.2 Å². The molecule has 26 heavy (non-hydrogen) atoms. The van der Waals surface area contributed by atoms with Crippen LogP contribution < -0.4 is 9.47 Å². The minimum Gasteiger partial charge on any atom is -0.483 e. The Labute approximate surface area is 156 Å². The normalized spacial score (nSPS) is 37.1. The maximum absolute atomic E-state index is 13.5. The molecule has 1 unspecified atom stereocenters. The second-order valence-corrected chi connectivity index (χ2v) is 10.1. The lowest BCUT2D eigenvalue weighted by molar-refractivity contribution is -0.150. The highest BCUT2D eigenvalue weighted by molar-refractivity contribution is 5.89. The van der Waals surface area contributed by atoms with Gasteiger partial charge in [-0.25, -0.2) is 0 Å². The Hall–Kier alpha value is -1.51. The van der Waals surface area contributed by atoms with E-state index in [0.29, 0.717) is 5.78 Å². The molecule has 5 aliphatic rings. The number of rotatable bonds is 4. The average Bonchev–Trinajstić information content (AvgIpc) is 2.88. The van der Waals surface area contributed by atoms with E-state index in [1.807, 2.05) is 19.1 Å². The number of ether oxygens (including phenoxy) is 2. The number of carbonyl (C=O) groups is 1. The smallest absolute Gasteiger partial charge is 0.179 e. The van der Waals surface area contributed by atoms with Crippen LogP contribution in [0.5, 0.6) is 11.5 Å². The number of hydrogen-bond donors (Lipinski definition) is 0. The SMILES string of the molecule is CC(Oc1cccc2c1OC(C)(C)C2)C(=O)C12CC3CC(CC(C3)C1)C2. The van der Waals surface area contributed by atoms with E-state index in [-0.39, 0.29) is 11.0 Å². The minimum absolute atomic E-state index is 0.105. The first-order chi connectivity index (χ1) is 12.3. The zero-order valence-electron chi connectivity index (χ0n) is 16.2. The molecular formula is C23H30O3. The third kappa shape index (κ3) is 2.58. The Morgan fingerprint density at radius 3 is 2.35 bits per heavy atom. The van der Waals surface area contributed by atoms with Crippen LogP contribution in [0.1, 0.15) is 64.9 Å². The fourth-order valence-corrected chi connectivity index (χ4v) is 6.77. The Balaban J connectivity index is 1.37. The topological polar surface area (TPSA) is 35.5 Å². The standard InChI is InChI=1S/C23H30O3/c1-14(25-19-6-4-5-18-13-22(2,3)26-20(18)19)21(24)23-10-15-7-16(11-23)9-17(8-15)12-23/h4-6,14-17H,7-13H2,1-3H3. The second-order valence-electron chi connectivity index (χ2n) is 10.1. The zero-order chi connectivity index (χ0) is 18.1. The van der Waals surface area contributed by atoms with Crippen molar-refractivity contribution in [1.29, 1.82) is 0 Å². The molecule has 0 radical (unpaired) electrons. The third-order valence-corrected chi connectivity index (χ3v) is 7.29. The molecule has 4 saturated carbocycles. The Bertz CT molecular complexity index is 713. The van der Waals surface area contributed by atoms with Gasteiger partial charge in [-0.15, -0.1) is 0 Å². The Morgan fingerprint density at radius 2 is 1.73 bits per heavy atom. The van der Waals surface area contributed by atoms with Gasteiger partial charge in [0.25, 0.3) is 0 Å². The van der Waals surface area contributed by atoms with Crippen LogP contribution in [0.2, 0.25) is 0 Å². The van der Waals surface area contributed by atoms with Crippen LogP contribution in [0.25, 0.3) is 0 Å². The van der Waals surface area contributed by atoms with E-state index >= 15 is 0 Å². The van der Waals surface area contributed by atoms with Gasteiger partial charge in [0, 0.05) is 17.4 Å². The summed E-state index contributed by atoms with van der Waals surface area (Å²) in [5, 5.41) is 0. The fraction of sp³-hybridized carbons (Fsp3) is 0.696. The molecule has 0 N–H and O–H groups in total. The van der Waals surface area contributed by atoms with Crippen LogP contribution in [0.4, 0.5) is 0 Å². The first kappa shape index (κ1) is 16.6. The molecule has 1 aliphatic heterocycles. The summed E-state index contributed by atoms with van der Waals surface area (Å²) >= 11 is 0. The van der Waals surface area contributed by atoms with Gasteiger partial charge in [0.05, 0.1) is 0 Å². The van der Waals surface area contributed by atoms with E-state index < -0.39 is 6.10 Å². The molecule has 1 heterocycles. The molecule has 140 valence electrons. The quantitative estimate of drug-likeness (QED) is 0.767. The Kier molecular flexibility index (Phi) is 3.52. The summed E-state index contributed by atoms with van der Waals surface area (Å²) < 4.78 is 12.3. The van der Waals surface area contributed by atoms with Gasteiger partial charge >= 0.3 is 0 Å². The van der Waals surface area contributed by atoms with Crippen LogP contribution in [0.15, 0.2) is 18.2 Å². The number of fused-ring (bicyclic) bond motifs is 1. The van der Waals surface area contributed by atoms with Crippen molar-refractivity contribution in [1.82, 2.24) is 0 Å². The lowest BCUT2D eigenvalue weighted by Crippen LogP contribution is -2.53. The highest BCUT2D eigenvalue weighted by Crippen LogP contribution is 2.60. The zero-order valence-corrected chi connectivity index (χ0v) is 16.2. The summed E-state index contributed by atoms with van der Waals surface area (Å²) in [4.78, 5) is 13.5. The predicted octanol–water partition coefficient (Wildman–Crippen LogP) is 4.95. The summed E-state index contributed by atoms with van der Waals surface area (Å²) in [6, 6.07) is 6.06. The molecular weight excluding hydrogens is 324 g/mol. The molecule has 0 spiro atoms. The summed E-state index contributed by atoms with van der Waals surface area (Å²) in [7, 11) is 0. The van der Waals surface area contributed by atoms with Crippen molar-refractivity contribution in [3.8, 4) is 11.5 Å². The lowest BCUT2D eigenvalue weighted by Gasteiger charge is -2.56. The number of hydrogen-bond acceptors (Lipinski definition) is 3. The molecule has 1 aromatic carbocycles. The average molecular weight is 354 g/mol. The first-order valence-electron chi connectivity index (χ1n) is 10.4. The minimum atomic E-state index is -0.398. The van der Waals surface area contributed by atoms with Gasteiger partial charge in [-0.3, -0.25) is 4.79 Å². The van der Waals surface area contributed by atoms with Gasteiger partial charge in [-0.1, -0.05) is 12.1 Å². The Morgan fingerprint density at radius 1 is 1.12 bits per heavy atom. The number of ketones is 1. The largest absolute Gasteiger partial charge is 0.483 e. The lowest BCUT2D eigenvalue weighted by atomic mass is 9.48. The number of para-hydroxylation sites is 1. The van der Waals surface area contributed by atoms with Crippen molar-refractivity contribution in [3.63, 3.8) is 0 Å². The molecule has 1 aromatic rings. The number of carbonyl (C=O) groups excluding carboxylic acids is 1.